The number of hydrogen-bond donors (Lipinski definition) is 0. The number of hydrogen-bond acceptors (Lipinski definition) is 2. The summed E-state index contributed by atoms with van der Waals surface area (Å²) in [6.07, 6.45) is -1.70. The molecule has 1 aliphatic rings. The van der Waals surface area contributed by atoms with Crippen LogP contribution in [0.15, 0.2) is 48.5 Å². The highest BCUT2D eigenvalue weighted by atomic mass is 19.4. The molecule has 6 heteroatoms. The number of carbonyl (C=O) groups is 1. The number of aryl methyl sites for hydroxylation is 1. The number of alkyl halides is 3. The fraction of sp³-hybridized carbons (Fsp3) is 0.250. The Morgan fingerprint density at radius 2 is 1.85 bits per heavy atom. The zero-order valence-electron chi connectivity index (χ0n) is 14.4. The number of halogens is 3. The molecule has 0 saturated carbocycles. The molecule has 0 saturated heterocycles. The number of amides is 1. The van der Waals surface area contributed by atoms with Gasteiger partial charge in [-0.3, -0.25) is 4.90 Å². The SMILES string of the molecule is CCOC(=O)N1c2ccc(C(F)(F)F)cc2C=C[C@@H]1c1ccc(C)cc1. The number of ether oxygens (including phenoxy) is 1. The molecule has 1 aliphatic heterocycles. The van der Waals surface area contributed by atoms with E-state index in [-0.39, 0.29) is 6.61 Å². The van der Waals surface area contributed by atoms with Gasteiger partial charge < -0.3 is 4.74 Å². The molecule has 3 nitrogen and oxygen atoms in total. The molecule has 1 atom stereocenters. The standard InChI is InChI=1S/C20H18F3NO2/c1-3-26-19(25)24-17(14-6-4-13(2)5-7-14)10-8-15-12-16(20(21,22)23)9-11-18(15)24/h4-12,17H,3H2,1-2H3/t17-/m1/s1. The van der Waals surface area contributed by atoms with Gasteiger partial charge in [0.25, 0.3) is 0 Å². The van der Waals surface area contributed by atoms with Crippen LogP contribution >= 0.6 is 0 Å². The van der Waals surface area contributed by atoms with Crippen molar-refractivity contribution in [3.8, 4) is 0 Å². The Bertz CT molecular complexity index is 841. The zero-order chi connectivity index (χ0) is 18.9. The van der Waals surface area contributed by atoms with Gasteiger partial charge in [-0.05, 0) is 43.2 Å². The van der Waals surface area contributed by atoms with Crippen molar-refractivity contribution < 1.29 is 22.7 Å². The van der Waals surface area contributed by atoms with E-state index in [0.29, 0.717) is 11.3 Å². The third kappa shape index (κ3) is 3.45. The van der Waals surface area contributed by atoms with E-state index in [0.717, 1.165) is 23.3 Å². The van der Waals surface area contributed by atoms with Gasteiger partial charge in [-0.15, -0.1) is 0 Å². The summed E-state index contributed by atoms with van der Waals surface area (Å²) in [5.41, 5.74) is 1.90. The smallest absolute Gasteiger partial charge is 0.416 e. The summed E-state index contributed by atoms with van der Waals surface area (Å²) in [5.74, 6) is 0. The van der Waals surface area contributed by atoms with Crippen molar-refractivity contribution in [3.05, 3.63) is 70.8 Å². The third-order valence-corrected chi connectivity index (χ3v) is 4.23. The Labute approximate surface area is 149 Å². The number of nitrogens with zero attached hydrogens (tertiary/aromatic N) is 1. The summed E-state index contributed by atoms with van der Waals surface area (Å²) >= 11 is 0. The van der Waals surface area contributed by atoms with Crippen molar-refractivity contribution in [1.82, 2.24) is 0 Å². The van der Waals surface area contributed by atoms with E-state index in [2.05, 4.69) is 0 Å². The molecule has 0 unspecified atom stereocenters. The average molecular weight is 361 g/mol. The lowest BCUT2D eigenvalue weighted by Gasteiger charge is -2.33. The van der Waals surface area contributed by atoms with Crippen LogP contribution in [0, 0.1) is 6.92 Å². The minimum absolute atomic E-state index is 0.176. The van der Waals surface area contributed by atoms with Crippen molar-refractivity contribution in [2.75, 3.05) is 11.5 Å². The van der Waals surface area contributed by atoms with E-state index < -0.39 is 23.9 Å². The van der Waals surface area contributed by atoms with E-state index in [9.17, 15) is 18.0 Å². The van der Waals surface area contributed by atoms with Crippen LogP contribution in [-0.2, 0) is 10.9 Å². The topological polar surface area (TPSA) is 29.5 Å². The predicted molar refractivity (Wildman–Crippen MR) is 93.9 cm³/mol. The fourth-order valence-electron chi connectivity index (χ4n) is 2.94. The Morgan fingerprint density at radius 3 is 2.46 bits per heavy atom. The highest BCUT2D eigenvalue weighted by molar-refractivity contribution is 5.94. The highest BCUT2D eigenvalue weighted by Crippen LogP contribution is 2.40. The van der Waals surface area contributed by atoms with Crippen LogP contribution in [0.1, 0.15) is 35.2 Å². The summed E-state index contributed by atoms with van der Waals surface area (Å²) in [5, 5.41) is 0. The summed E-state index contributed by atoms with van der Waals surface area (Å²) in [4.78, 5) is 13.9. The van der Waals surface area contributed by atoms with Crippen LogP contribution in [-0.4, -0.2) is 12.7 Å². The minimum atomic E-state index is -4.44. The minimum Gasteiger partial charge on any atom is -0.449 e. The van der Waals surface area contributed by atoms with Crippen LogP contribution in [0.5, 0.6) is 0 Å². The summed E-state index contributed by atoms with van der Waals surface area (Å²) in [7, 11) is 0. The molecule has 1 heterocycles. The first kappa shape index (κ1) is 18.0. The van der Waals surface area contributed by atoms with Crippen molar-refractivity contribution in [2.45, 2.75) is 26.1 Å². The number of benzene rings is 2. The molecule has 1 amide bonds. The molecular weight excluding hydrogens is 343 g/mol. The van der Waals surface area contributed by atoms with Gasteiger partial charge >= 0.3 is 12.3 Å². The summed E-state index contributed by atoms with van der Waals surface area (Å²) in [6, 6.07) is 10.5. The molecule has 2 aromatic carbocycles. The normalized spacial score (nSPS) is 16.3. The molecule has 0 aliphatic carbocycles. The monoisotopic (exact) mass is 361 g/mol. The fourth-order valence-corrected chi connectivity index (χ4v) is 2.94. The van der Waals surface area contributed by atoms with Gasteiger partial charge in [0.2, 0.25) is 0 Å². The number of rotatable bonds is 2. The first-order valence-corrected chi connectivity index (χ1v) is 8.23. The third-order valence-electron chi connectivity index (χ3n) is 4.23. The van der Waals surface area contributed by atoms with E-state index in [1.54, 1.807) is 19.1 Å². The van der Waals surface area contributed by atoms with Gasteiger partial charge in [0, 0.05) is 0 Å². The molecule has 3 rings (SSSR count). The zero-order valence-corrected chi connectivity index (χ0v) is 14.4. The molecule has 0 N–H and O–H groups in total. The molecule has 136 valence electrons. The van der Waals surface area contributed by atoms with Gasteiger partial charge in [0.15, 0.2) is 0 Å². The van der Waals surface area contributed by atoms with Crippen LogP contribution in [0.2, 0.25) is 0 Å². The second kappa shape index (κ2) is 6.86. The van der Waals surface area contributed by atoms with E-state index in [4.69, 9.17) is 4.74 Å². The lowest BCUT2D eigenvalue weighted by atomic mass is 9.96. The maximum absolute atomic E-state index is 13.0. The molecule has 0 aromatic heterocycles. The van der Waals surface area contributed by atoms with Crippen LogP contribution < -0.4 is 4.90 Å². The first-order chi connectivity index (χ1) is 12.3. The molecule has 0 fully saturated rings. The molecule has 0 spiro atoms. The number of fused-ring (bicyclic) bond motifs is 1. The van der Waals surface area contributed by atoms with Crippen molar-refractivity contribution >= 4 is 17.9 Å². The lowest BCUT2D eigenvalue weighted by Crippen LogP contribution is -2.36. The van der Waals surface area contributed by atoms with Gasteiger partial charge in [-0.2, -0.15) is 13.2 Å². The lowest BCUT2D eigenvalue weighted by molar-refractivity contribution is -0.137. The van der Waals surface area contributed by atoms with Gasteiger partial charge in [-0.1, -0.05) is 42.0 Å². The maximum Gasteiger partial charge on any atom is 0.416 e. The largest absolute Gasteiger partial charge is 0.449 e. The molecule has 2 aromatic rings. The summed E-state index contributed by atoms with van der Waals surface area (Å²) < 4.78 is 44.1. The van der Waals surface area contributed by atoms with E-state index in [1.165, 1.54) is 11.0 Å². The predicted octanol–water partition coefficient (Wildman–Crippen LogP) is 5.74. The Kier molecular flexibility index (Phi) is 4.76. The van der Waals surface area contributed by atoms with Crippen molar-refractivity contribution in [2.24, 2.45) is 0 Å². The van der Waals surface area contributed by atoms with Gasteiger partial charge in [0.05, 0.1) is 23.9 Å². The second-order valence-corrected chi connectivity index (χ2v) is 6.05. The second-order valence-electron chi connectivity index (χ2n) is 6.05. The number of carbonyl (C=O) groups excluding carboxylic acids is 1. The molecule has 26 heavy (non-hydrogen) atoms. The van der Waals surface area contributed by atoms with Crippen molar-refractivity contribution in [1.29, 1.82) is 0 Å². The number of anilines is 1. The van der Waals surface area contributed by atoms with Crippen molar-refractivity contribution in [3.63, 3.8) is 0 Å². The van der Waals surface area contributed by atoms with E-state index >= 15 is 0 Å². The average Bonchev–Trinajstić information content (AvgIpc) is 2.60. The van der Waals surface area contributed by atoms with Gasteiger partial charge in [-0.25, -0.2) is 4.79 Å². The molecular formula is C20H18F3NO2. The Hall–Kier alpha value is -2.76. The molecule has 0 radical (unpaired) electrons. The van der Waals surface area contributed by atoms with Gasteiger partial charge in [0.1, 0.15) is 0 Å². The molecule has 0 bridgehead atoms. The summed E-state index contributed by atoms with van der Waals surface area (Å²) in [6.45, 7) is 3.82. The van der Waals surface area contributed by atoms with Crippen LogP contribution in [0.25, 0.3) is 6.08 Å². The highest BCUT2D eigenvalue weighted by Gasteiger charge is 2.34. The van der Waals surface area contributed by atoms with E-state index in [1.807, 2.05) is 31.2 Å². The quantitative estimate of drug-likeness (QED) is 0.682. The first-order valence-electron chi connectivity index (χ1n) is 8.23. The Balaban J connectivity index is 2.08. The Morgan fingerprint density at radius 1 is 1.15 bits per heavy atom. The maximum atomic E-state index is 13.0. The van der Waals surface area contributed by atoms with Crippen LogP contribution in [0.3, 0.4) is 0 Å². The van der Waals surface area contributed by atoms with Crippen LogP contribution in [0.4, 0.5) is 23.7 Å².